The summed E-state index contributed by atoms with van der Waals surface area (Å²) in [5.41, 5.74) is 0.554. The molecule has 0 bridgehead atoms. The first kappa shape index (κ1) is 17.2. The summed E-state index contributed by atoms with van der Waals surface area (Å²) < 4.78 is 16.4. The van der Waals surface area contributed by atoms with Crippen LogP contribution in [0.4, 0.5) is 5.13 Å². The molecule has 0 fully saturated rings. The number of carbonyl (C=O) groups excluding carboxylic acids is 2. The van der Waals surface area contributed by atoms with E-state index in [-0.39, 0.29) is 18.3 Å². The van der Waals surface area contributed by atoms with E-state index in [1.54, 1.807) is 31.4 Å². The number of aromatic nitrogens is 1. The van der Waals surface area contributed by atoms with Gasteiger partial charge in [0.25, 0.3) is 5.91 Å². The van der Waals surface area contributed by atoms with Gasteiger partial charge in [-0.2, -0.15) is 0 Å². The average Bonchev–Trinajstić information content (AvgIpc) is 3.01. The molecule has 0 saturated carbocycles. The number of rotatable bonds is 5. The molecule has 0 aliphatic carbocycles. The lowest BCUT2D eigenvalue weighted by Crippen LogP contribution is -2.46. The van der Waals surface area contributed by atoms with Crippen LogP contribution in [-0.2, 0) is 20.7 Å². The fourth-order valence-electron chi connectivity index (χ4n) is 2.39. The highest BCUT2D eigenvalue weighted by Gasteiger charge is 2.34. The van der Waals surface area contributed by atoms with E-state index in [0.29, 0.717) is 28.9 Å². The quantitative estimate of drug-likeness (QED) is 0.822. The molecule has 0 spiro atoms. The minimum atomic E-state index is -0.785. The first-order valence-corrected chi connectivity index (χ1v) is 8.78. The molecule has 7 nitrogen and oxygen atoms in total. The Morgan fingerprint density at radius 3 is 2.72 bits per heavy atom. The Kier molecular flexibility index (Phi) is 5.18. The van der Waals surface area contributed by atoms with Crippen LogP contribution in [0.5, 0.6) is 11.5 Å². The average molecular weight is 362 g/mol. The number of ether oxygens (including phenoxy) is 3. The van der Waals surface area contributed by atoms with Gasteiger partial charge < -0.3 is 14.2 Å². The highest BCUT2D eigenvalue weighted by atomic mass is 32.1. The Labute approximate surface area is 148 Å². The van der Waals surface area contributed by atoms with Gasteiger partial charge in [0.2, 0.25) is 6.10 Å². The monoisotopic (exact) mass is 362 g/mol. The zero-order valence-corrected chi connectivity index (χ0v) is 14.7. The van der Waals surface area contributed by atoms with E-state index in [0.717, 1.165) is 0 Å². The van der Waals surface area contributed by atoms with Gasteiger partial charge in [-0.15, -0.1) is 11.3 Å². The molecule has 2 heterocycles. The number of hydrogen-bond acceptors (Lipinski definition) is 7. The second-order valence-corrected chi connectivity index (χ2v) is 6.28. The molecule has 3 rings (SSSR count). The standard InChI is InChI=1S/C17H18N2O5S/c1-3-22-14(20)8-11-9-25-17(18-11)19-16(21)15-10(2)23-12-6-4-5-7-13(12)24-15/h4-7,9-10,15H,3,8H2,1-2H3,(H,18,19,21). The van der Waals surface area contributed by atoms with Crippen molar-refractivity contribution in [3.8, 4) is 11.5 Å². The minimum absolute atomic E-state index is 0.0764. The molecule has 1 amide bonds. The van der Waals surface area contributed by atoms with E-state index in [2.05, 4.69) is 10.3 Å². The Hall–Kier alpha value is -2.61. The van der Waals surface area contributed by atoms with Crippen molar-refractivity contribution >= 4 is 28.3 Å². The third kappa shape index (κ3) is 4.08. The lowest BCUT2D eigenvalue weighted by Gasteiger charge is -2.30. The fraction of sp³-hybridized carbons (Fsp3) is 0.353. The summed E-state index contributed by atoms with van der Waals surface area (Å²) in [7, 11) is 0. The smallest absolute Gasteiger partial charge is 0.311 e. The van der Waals surface area contributed by atoms with Crippen molar-refractivity contribution in [2.75, 3.05) is 11.9 Å². The molecule has 0 radical (unpaired) electrons. The third-order valence-corrected chi connectivity index (χ3v) is 4.32. The van der Waals surface area contributed by atoms with Gasteiger partial charge in [0.1, 0.15) is 6.10 Å². The van der Waals surface area contributed by atoms with Gasteiger partial charge in [0.15, 0.2) is 16.6 Å². The number of nitrogens with one attached hydrogen (secondary N) is 1. The van der Waals surface area contributed by atoms with Crippen molar-refractivity contribution in [2.24, 2.45) is 0 Å². The Morgan fingerprint density at radius 1 is 1.28 bits per heavy atom. The summed E-state index contributed by atoms with van der Waals surface area (Å²) in [6, 6.07) is 7.20. The Balaban J connectivity index is 1.63. The van der Waals surface area contributed by atoms with Crippen LogP contribution in [0.2, 0.25) is 0 Å². The van der Waals surface area contributed by atoms with Crippen molar-refractivity contribution in [1.29, 1.82) is 0 Å². The maximum absolute atomic E-state index is 12.5. The minimum Gasteiger partial charge on any atom is -0.482 e. The number of carbonyl (C=O) groups is 2. The van der Waals surface area contributed by atoms with Gasteiger partial charge in [-0.05, 0) is 26.0 Å². The van der Waals surface area contributed by atoms with E-state index in [9.17, 15) is 9.59 Å². The van der Waals surface area contributed by atoms with Crippen molar-refractivity contribution < 1.29 is 23.8 Å². The van der Waals surface area contributed by atoms with E-state index < -0.39 is 12.2 Å². The van der Waals surface area contributed by atoms with Crippen LogP contribution in [0, 0.1) is 0 Å². The largest absolute Gasteiger partial charge is 0.482 e. The van der Waals surface area contributed by atoms with Crippen molar-refractivity contribution in [2.45, 2.75) is 32.5 Å². The van der Waals surface area contributed by atoms with Gasteiger partial charge in [-0.1, -0.05) is 12.1 Å². The molecule has 2 unspecified atom stereocenters. The normalized spacial score (nSPS) is 18.5. The number of benzene rings is 1. The molecule has 1 N–H and O–H groups in total. The SMILES string of the molecule is CCOC(=O)Cc1csc(NC(=O)C2Oc3ccccc3OC2C)n1. The maximum Gasteiger partial charge on any atom is 0.311 e. The highest BCUT2D eigenvalue weighted by Crippen LogP contribution is 2.33. The van der Waals surface area contributed by atoms with Crippen LogP contribution in [-0.4, -0.2) is 35.7 Å². The molecular formula is C17H18N2O5S. The lowest BCUT2D eigenvalue weighted by molar-refractivity contribution is -0.142. The fourth-order valence-corrected chi connectivity index (χ4v) is 3.10. The van der Waals surface area contributed by atoms with Gasteiger partial charge in [0.05, 0.1) is 18.7 Å². The first-order valence-electron chi connectivity index (χ1n) is 7.90. The van der Waals surface area contributed by atoms with Crippen LogP contribution in [0.1, 0.15) is 19.5 Å². The maximum atomic E-state index is 12.5. The van der Waals surface area contributed by atoms with Gasteiger partial charge >= 0.3 is 5.97 Å². The third-order valence-electron chi connectivity index (χ3n) is 3.51. The van der Waals surface area contributed by atoms with Crippen LogP contribution in [0.15, 0.2) is 29.6 Å². The molecule has 2 atom stereocenters. The molecule has 8 heteroatoms. The van der Waals surface area contributed by atoms with E-state index in [1.807, 2.05) is 12.1 Å². The number of amides is 1. The molecule has 1 aromatic heterocycles. The molecule has 1 aliphatic rings. The molecule has 132 valence electrons. The summed E-state index contributed by atoms with van der Waals surface area (Å²) in [6.45, 7) is 3.84. The van der Waals surface area contributed by atoms with Gasteiger partial charge in [-0.25, -0.2) is 4.98 Å². The van der Waals surface area contributed by atoms with E-state index >= 15 is 0 Å². The Morgan fingerprint density at radius 2 is 2.00 bits per heavy atom. The number of nitrogens with zero attached hydrogens (tertiary/aromatic N) is 1. The van der Waals surface area contributed by atoms with Crippen LogP contribution >= 0.6 is 11.3 Å². The van der Waals surface area contributed by atoms with Crippen LogP contribution < -0.4 is 14.8 Å². The molecule has 2 aromatic rings. The van der Waals surface area contributed by atoms with Crippen molar-refractivity contribution in [1.82, 2.24) is 4.98 Å². The Bertz CT molecular complexity index is 776. The zero-order valence-electron chi connectivity index (χ0n) is 13.9. The zero-order chi connectivity index (χ0) is 17.8. The van der Waals surface area contributed by atoms with E-state index in [4.69, 9.17) is 14.2 Å². The summed E-state index contributed by atoms with van der Waals surface area (Å²) in [5.74, 6) is 0.451. The summed E-state index contributed by atoms with van der Waals surface area (Å²) in [5, 5.41) is 4.82. The summed E-state index contributed by atoms with van der Waals surface area (Å²) >= 11 is 1.24. The number of fused-ring (bicyclic) bond motifs is 1. The van der Waals surface area contributed by atoms with E-state index in [1.165, 1.54) is 11.3 Å². The lowest BCUT2D eigenvalue weighted by atomic mass is 10.1. The summed E-state index contributed by atoms with van der Waals surface area (Å²) in [4.78, 5) is 28.2. The number of hydrogen-bond donors (Lipinski definition) is 1. The molecule has 25 heavy (non-hydrogen) atoms. The number of esters is 1. The molecule has 1 aromatic carbocycles. The topological polar surface area (TPSA) is 86.8 Å². The van der Waals surface area contributed by atoms with Crippen molar-refractivity contribution in [3.05, 3.63) is 35.3 Å². The first-order chi connectivity index (χ1) is 12.1. The van der Waals surface area contributed by atoms with Gasteiger partial charge in [-0.3, -0.25) is 14.9 Å². The van der Waals surface area contributed by atoms with Crippen LogP contribution in [0.3, 0.4) is 0 Å². The summed E-state index contributed by atoms with van der Waals surface area (Å²) in [6.07, 6.45) is -1.14. The van der Waals surface area contributed by atoms with Gasteiger partial charge in [0, 0.05) is 5.38 Å². The second kappa shape index (κ2) is 7.52. The number of para-hydroxylation sites is 2. The van der Waals surface area contributed by atoms with Crippen LogP contribution in [0.25, 0.3) is 0 Å². The predicted molar refractivity (Wildman–Crippen MR) is 92.0 cm³/mol. The van der Waals surface area contributed by atoms with Crippen molar-refractivity contribution in [3.63, 3.8) is 0 Å². The molecule has 0 saturated heterocycles. The second-order valence-electron chi connectivity index (χ2n) is 5.42. The number of anilines is 1. The predicted octanol–water partition coefficient (Wildman–Crippen LogP) is 2.42. The number of thiazole rings is 1. The highest BCUT2D eigenvalue weighted by molar-refractivity contribution is 7.13. The molecular weight excluding hydrogens is 344 g/mol. The molecule has 1 aliphatic heterocycles.